The molecule has 0 amide bonds. The minimum Gasteiger partial charge on any atom is -0.277 e. The number of para-hydroxylation sites is 3. The molecule has 0 saturated carbocycles. The number of rotatable bonds is 4. The lowest BCUT2D eigenvalue weighted by molar-refractivity contribution is 0.940. The van der Waals surface area contributed by atoms with Crippen LogP contribution < -0.4 is 0 Å². The Balaban J connectivity index is 1.66. The second-order valence-corrected chi connectivity index (χ2v) is 6.99. The molecule has 0 N–H and O–H groups in total. The average Bonchev–Trinajstić information content (AvgIpc) is 3.26. The molecule has 126 valence electrons. The lowest BCUT2D eigenvalue weighted by atomic mass is 10.2. The molecule has 2 aromatic heterocycles. The molecule has 26 heavy (non-hydrogen) atoms. The van der Waals surface area contributed by atoms with E-state index < -0.39 is 0 Å². The molecule has 0 aliphatic rings. The third-order valence-electron chi connectivity index (χ3n) is 4.40. The van der Waals surface area contributed by atoms with Gasteiger partial charge in [0, 0.05) is 11.4 Å². The van der Waals surface area contributed by atoms with Gasteiger partial charge in [-0.15, -0.1) is 10.2 Å². The van der Waals surface area contributed by atoms with E-state index in [0.717, 1.165) is 33.4 Å². The van der Waals surface area contributed by atoms with Gasteiger partial charge in [-0.2, -0.15) is 0 Å². The third kappa shape index (κ3) is 2.48. The molecule has 0 atom stereocenters. The first-order valence-electron chi connectivity index (χ1n) is 8.48. The van der Waals surface area contributed by atoms with Crippen LogP contribution in [0, 0.1) is 0 Å². The quantitative estimate of drug-likeness (QED) is 0.427. The van der Waals surface area contributed by atoms with E-state index in [1.54, 1.807) is 11.8 Å². The second-order valence-electron chi connectivity index (χ2n) is 6.05. The van der Waals surface area contributed by atoms with Crippen molar-refractivity contribution < 1.29 is 0 Å². The van der Waals surface area contributed by atoms with E-state index in [2.05, 4.69) is 79.8 Å². The fourth-order valence-corrected chi connectivity index (χ4v) is 4.11. The molecule has 0 unspecified atom stereocenters. The Labute approximate surface area is 155 Å². The molecule has 0 spiro atoms. The van der Waals surface area contributed by atoms with Gasteiger partial charge in [-0.25, -0.2) is 0 Å². The Morgan fingerprint density at radius 1 is 0.692 bits per heavy atom. The van der Waals surface area contributed by atoms with Crippen LogP contribution in [0.5, 0.6) is 0 Å². The van der Waals surface area contributed by atoms with Gasteiger partial charge in [0.1, 0.15) is 0 Å². The first-order chi connectivity index (χ1) is 12.9. The van der Waals surface area contributed by atoms with E-state index in [1.165, 1.54) is 5.56 Å². The average molecular weight is 356 g/mol. The molecule has 0 fully saturated rings. The summed E-state index contributed by atoms with van der Waals surface area (Å²) in [6.07, 6.45) is 0. The molecular weight excluding hydrogens is 340 g/mol. The molecule has 0 aliphatic heterocycles. The predicted molar refractivity (Wildman–Crippen MR) is 106 cm³/mol. The number of hydrogen-bond acceptors (Lipinski definition) is 3. The SMILES string of the molecule is c1ccc(CSc2nnc3n(-c4ccccc4)c4ccccc4n23)cc1. The maximum atomic E-state index is 4.50. The van der Waals surface area contributed by atoms with E-state index >= 15 is 0 Å². The summed E-state index contributed by atoms with van der Waals surface area (Å²) in [7, 11) is 0. The Kier molecular flexibility index (Phi) is 3.72. The fraction of sp³-hybridized carbons (Fsp3) is 0.0476. The molecule has 0 saturated heterocycles. The molecule has 5 rings (SSSR count). The highest BCUT2D eigenvalue weighted by Gasteiger charge is 2.17. The summed E-state index contributed by atoms with van der Waals surface area (Å²) in [4.78, 5) is 0. The highest BCUT2D eigenvalue weighted by atomic mass is 32.2. The van der Waals surface area contributed by atoms with E-state index in [9.17, 15) is 0 Å². The maximum absolute atomic E-state index is 4.50. The number of benzene rings is 3. The lowest BCUT2D eigenvalue weighted by Crippen LogP contribution is -1.94. The van der Waals surface area contributed by atoms with Crippen LogP contribution in [0.15, 0.2) is 90.1 Å². The van der Waals surface area contributed by atoms with Crippen LogP contribution >= 0.6 is 11.8 Å². The number of thioether (sulfide) groups is 1. The number of fused-ring (bicyclic) bond motifs is 3. The van der Waals surface area contributed by atoms with Crippen LogP contribution in [0.4, 0.5) is 0 Å². The van der Waals surface area contributed by atoms with Crippen molar-refractivity contribution in [2.75, 3.05) is 0 Å². The van der Waals surface area contributed by atoms with Crippen LogP contribution in [-0.4, -0.2) is 19.2 Å². The molecule has 5 heteroatoms. The van der Waals surface area contributed by atoms with Crippen molar-refractivity contribution >= 4 is 28.6 Å². The van der Waals surface area contributed by atoms with Gasteiger partial charge < -0.3 is 0 Å². The van der Waals surface area contributed by atoms with Crippen LogP contribution in [-0.2, 0) is 5.75 Å². The number of hydrogen-bond donors (Lipinski definition) is 0. The summed E-state index contributed by atoms with van der Waals surface area (Å²) in [6, 6.07) is 29.1. The minimum absolute atomic E-state index is 0.841. The summed E-state index contributed by atoms with van der Waals surface area (Å²) >= 11 is 1.71. The monoisotopic (exact) mass is 356 g/mol. The smallest absolute Gasteiger partial charge is 0.241 e. The van der Waals surface area contributed by atoms with Gasteiger partial charge in [0.05, 0.1) is 11.0 Å². The molecule has 0 radical (unpaired) electrons. The highest BCUT2D eigenvalue weighted by molar-refractivity contribution is 7.98. The fourth-order valence-electron chi connectivity index (χ4n) is 3.22. The topological polar surface area (TPSA) is 35.1 Å². The van der Waals surface area contributed by atoms with Crippen molar-refractivity contribution in [3.05, 3.63) is 90.5 Å². The van der Waals surface area contributed by atoms with E-state index in [0.29, 0.717) is 0 Å². The first kappa shape index (κ1) is 15.2. The van der Waals surface area contributed by atoms with Gasteiger partial charge in [-0.1, -0.05) is 72.4 Å². The molecule has 3 aromatic carbocycles. The van der Waals surface area contributed by atoms with Crippen LogP contribution in [0.3, 0.4) is 0 Å². The van der Waals surface area contributed by atoms with E-state index in [4.69, 9.17) is 0 Å². The highest BCUT2D eigenvalue weighted by Crippen LogP contribution is 2.29. The Morgan fingerprint density at radius 2 is 1.35 bits per heavy atom. The summed E-state index contributed by atoms with van der Waals surface area (Å²) in [5.41, 5.74) is 4.61. The van der Waals surface area contributed by atoms with Crippen molar-refractivity contribution in [1.29, 1.82) is 0 Å². The zero-order valence-electron chi connectivity index (χ0n) is 14.0. The van der Waals surface area contributed by atoms with E-state index in [1.807, 2.05) is 24.3 Å². The van der Waals surface area contributed by atoms with Gasteiger partial charge in [0.15, 0.2) is 5.16 Å². The van der Waals surface area contributed by atoms with Gasteiger partial charge in [-0.3, -0.25) is 8.97 Å². The Morgan fingerprint density at radius 3 is 2.12 bits per heavy atom. The Bertz CT molecular complexity index is 1180. The standard InChI is InChI=1S/C21H16N4S/c1-3-9-16(10-4-1)15-26-21-23-22-20-24(17-11-5-2-6-12-17)18-13-7-8-14-19(18)25(20)21/h1-14H,15H2. The van der Waals surface area contributed by atoms with Gasteiger partial charge in [0.2, 0.25) is 5.78 Å². The van der Waals surface area contributed by atoms with Gasteiger partial charge >= 0.3 is 0 Å². The van der Waals surface area contributed by atoms with Crippen molar-refractivity contribution in [2.24, 2.45) is 0 Å². The minimum atomic E-state index is 0.841. The zero-order valence-corrected chi connectivity index (χ0v) is 14.8. The maximum Gasteiger partial charge on any atom is 0.241 e. The van der Waals surface area contributed by atoms with Crippen LogP contribution in [0.25, 0.3) is 22.5 Å². The molecule has 2 heterocycles. The van der Waals surface area contributed by atoms with E-state index in [-0.39, 0.29) is 0 Å². The van der Waals surface area contributed by atoms with Crippen molar-refractivity contribution in [1.82, 2.24) is 19.2 Å². The van der Waals surface area contributed by atoms with Crippen LogP contribution in [0.1, 0.15) is 5.56 Å². The Hall–Kier alpha value is -3.05. The van der Waals surface area contributed by atoms with Crippen molar-refractivity contribution in [3.63, 3.8) is 0 Å². The van der Waals surface area contributed by atoms with Crippen molar-refractivity contribution in [2.45, 2.75) is 10.9 Å². The lowest BCUT2D eigenvalue weighted by Gasteiger charge is -2.03. The largest absolute Gasteiger partial charge is 0.277 e. The number of nitrogens with zero attached hydrogens (tertiary/aromatic N) is 4. The first-order valence-corrected chi connectivity index (χ1v) is 9.47. The zero-order chi connectivity index (χ0) is 17.3. The van der Waals surface area contributed by atoms with Gasteiger partial charge in [0.25, 0.3) is 0 Å². The molecule has 5 aromatic rings. The van der Waals surface area contributed by atoms with Gasteiger partial charge in [-0.05, 0) is 29.8 Å². The van der Waals surface area contributed by atoms with Crippen molar-refractivity contribution in [3.8, 4) is 5.69 Å². The molecule has 0 bridgehead atoms. The number of aromatic nitrogens is 4. The summed E-state index contributed by atoms with van der Waals surface area (Å²) in [5.74, 6) is 1.71. The molecular formula is C21H16N4S. The number of imidazole rings is 1. The summed E-state index contributed by atoms with van der Waals surface area (Å²) in [6.45, 7) is 0. The normalized spacial score (nSPS) is 11.4. The summed E-state index contributed by atoms with van der Waals surface area (Å²) in [5, 5.41) is 9.87. The predicted octanol–water partition coefficient (Wildman–Crippen LogP) is 4.97. The summed E-state index contributed by atoms with van der Waals surface area (Å²) < 4.78 is 4.31. The second kappa shape index (κ2) is 6.35. The van der Waals surface area contributed by atoms with Crippen LogP contribution in [0.2, 0.25) is 0 Å². The molecule has 0 aliphatic carbocycles. The molecule has 4 nitrogen and oxygen atoms in total. The third-order valence-corrected chi connectivity index (χ3v) is 5.41.